The van der Waals surface area contributed by atoms with E-state index in [1.54, 1.807) is 0 Å². The number of imide groups is 1. The van der Waals surface area contributed by atoms with Gasteiger partial charge in [-0.25, -0.2) is 14.8 Å². The van der Waals surface area contributed by atoms with Crippen molar-refractivity contribution in [3.63, 3.8) is 0 Å². The van der Waals surface area contributed by atoms with Crippen molar-refractivity contribution >= 4 is 72.8 Å². The smallest absolute Gasteiger partial charge is 0.358 e. The number of anilines is 3. The lowest BCUT2D eigenvalue weighted by Crippen LogP contribution is -2.59. The SMILES string of the molecule is Cc1c(OC2CCC(CCCN3CCN(c4ccc5c(C6CCC(=O)NC6=O)nn(C)c5c4)C(C)(C)C3)CC2)cccc1-c1ccc(N2CCc3cccc(C(=O)Nc4nc5ccccc5s4)c3C2)nc1C(=O)OC(C)(C)C. The molecule has 1 unspecified atom stereocenters. The molecule has 0 bridgehead atoms. The van der Waals surface area contributed by atoms with E-state index in [0.29, 0.717) is 60.3 Å². The van der Waals surface area contributed by atoms with E-state index in [1.807, 2.05) is 99.2 Å². The average molecular weight is 1070 g/mol. The van der Waals surface area contributed by atoms with Crippen LogP contribution in [0.1, 0.15) is 135 Å². The number of benzene rings is 4. The fourth-order valence-electron chi connectivity index (χ4n) is 12.3. The third-order valence-electron chi connectivity index (χ3n) is 16.3. The lowest BCUT2D eigenvalue weighted by atomic mass is 9.84. The van der Waals surface area contributed by atoms with E-state index >= 15 is 0 Å². The van der Waals surface area contributed by atoms with Gasteiger partial charge < -0.3 is 19.3 Å². The zero-order valence-corrected chi connectivity index (χ0v) is 46.8. The summed E-state index contributed by atoms with van der Waals surface area (Å²) in [5.41, 5.74) is 8.32. The Morgan fingerprint density at radius 2 is 1.68 bits per heavy atom. The van der Waals surface area contributed by atoms with Crippen molar-refractivity contribution in [3.8, 4) is 16.9 Å². The Kier molecular flexibility index (Phi) is 14.6. The molecule has 3 aromatic heterocycles. The Labute approximate surface area is 460 Å². The number of aryl methyl sites for hydroxylation is 1. The standard InChI is InChI=1S/C62H71N9O6S/c1-38-43(44-26-28-53(64-56(44)59(75)77-61(2,3)4)70-32-30-40-14-10-16-45(48(40)36-70)57(73)66-60-63-49-17-8-9-19-52(49)78-60)15-11-18-51(38)76-42-23-20-39(21-24-42)13-12-31-69-33-34-71(62(5,6)37-69)41-22-25-46-50(35-41)68(7)67-55(46)47-27-29-54(72)65-58(47)74/h8-11,14-19,22,25-26,28,35,39,42,47H,12-13,20-21,23-24,27,29-34,36-37H2,1-7H3,(H,63,66,73)(H,65,72,74). The number of piperidine rings is 1. The number of para-hydroxylation sites is 1. The van der Waals surface area contributed by atoms with Crippen LogP contribution in [0, 0.1) is 12.8 Å². The van der Waals surface area contributed by atoms with Gasteiger partial charge in [-0.2, -0.15) is 5.10 Å². The number of carbonyl (C=O) groups excluding carboxylic acids is 4. The van der Waals surface area contributed by atoms with Crippen molar-refractivity contribution in [1.82, 2.24) is 30.0 Å². The first-order valence-corrected chi connectivity index (χ1v) is 28.6. The topological polar surface area (TPSA) is 164 Å². The maximum atomic E-state index is 14.2. The van der Waals surface area contributed by atoms with Gasteiger partial charge >= 0.3 is 5.97 Å². The summed E-state index contributed by atoms with van der Waals surface area (Å²) in [5, 5.41) is 11.8. The largest absolute Gasteiger partial charge is 0.490 e. The minimum absolute atomic E-state index is 0.0771. The molecule has 2 saturated heterocycles. The maximum Gasteiger partial charge on any atom is 0.358 e. The first-order valence-electron chi connectivity index (χ1n) is 27.8. The number of fused-ring (bicyclic) bond motifs is 3. The minimum Gasteiger partial charge on any atom is -0.490 e. The zero-order chi connectivity index (χ0) is 54.5. The van der Waals surface area contributed by atoms with Gasteiger partial charge in [0.05, 0.1) is 33.4 Å². The predicted octanol–water partition coefficient (Wildman–Crippen LogP) is 11.2. The van der Waals surface area contributed by atoms with Crippen LogP contribution in [0.25, 0.3) is 32.2 Å². The van der Waals surface area contributed by atoms with Crippen LogP contribution in [0.4, 0.5) is 16.6 Å². The summed E-state index contributed by atoms with van der Waals surface area (Å²) in [6.45, 7) is 17.4. The van der Waals surface area contributed by atoms with Gasteiger partial charge in [0.25, 0.3) is 5.91 Å². The van der Waals surface area contributed by atoms with Crippen molar-refractivity contribution in [2.24, 2.45) is 13.0 Å². The highest BCUT2D eigenvalue weighted by molar-refractivity contribution is 7.22. The number of nitrogens with one attached hydrogen (secondary N) is 2. The first kappa shape index (κ1) is 52.9. The summed E-state index contributed by atoms with van der Waals surface area (Å²) < 4.78 is 15.7. The lowest BCUT2D eigenvalue weighted by molar-refractivity contribution is -0.134. The second kappa shape index (κ2) is 21.6. The molecule has 1 saturated carbocycles. The molecule has 0 radical (unpaired) electrons. The number of aromatic nitrogens is 4. The third kappa shape index (κ3) is 11.1. The van der Waals surface area contributed by atoms with Crippen LogP contribution in [0.2, 0.25) is 0 Å². The van der Waals surface area contributed by atoms with Crippen LogP contribution >= 0.6 is 11.3 Å². The highest BCUT2D eigenvalue weighted by Crippen LogP contribution is 2.39. The number of hydrogen-bond acceptors (Lipinski definition) is 13. The van der Waals surface area contributed by atoms with Gasteiger partial charge in [0.15, 0.2) is 10.8 Å². The molecular weight excluding hydrogens is 999 g/mol. The molecule has 0 spiro atoms. The van der Waals surface area contributed by atoms with Crippen LogP contribution in [-0.4, -0.2) is 98.3 Å². The van der Waals surface area contributed by atoms with E-state index in [2.05, 4.69) is 75.4 Å². The molecule has 406 valence electrons. The van der Waals surface area contributed by atoms with Crippen LogP contribution in [0.15, 0.2) is 91.0 Å². The van der Waals surface area contributed by atoms with Crippen molar-refractivity contribution in [1.29, 1.82) is 0 Å². The summed E-state index contributed by atoms with van der Waals surface area (Å²) in [4.78, 5) is 69.5. The number of rotatable bonds is 13. The number of thiazole rings is 1. The Bertz CT molecular complexity index is 3410. The minimum atomic E-state index is -0.735. The molecule has 7 aromatic rings. The van der Waals surface area contributed by atoms with Crippen molar-refractivity contribution in [2.75, 3.05) is 47.8 Å². The van der Waals surface area contributed by atoms with Crippen LogP contribution < -0.4 is 25.2 Å². The Morgan fingerprint density at radius 3 is 2.46 bits per heavy atom. The van der Waals surface area contributed by atoms with Gasteiger partial charge in [-0.3, -0.25) is 34.6 Å². The second-order valence-corrected chi connectivity index (χ2v) is 24.4. The van der Waals surface area contributed by atoms with Gasteiger partial charge in [-0.1, -0.05) is 47.7 Å². The van der Waals surface area contributed by atoms with Gasteiger partial charge in [-0.15, -0.1) is 0 Å². The average Bonchev–Trinajstić information content (AvgIpc) is 4.16. The van der Waals surface area contributed by atoms with E-state index in [9.17, 15) is 19.2 Å². The fourth-order valence-corrected chi connectivity index (χ4v) is 13.2. The monoisotopic (exact) mass is 1070 g/mol. The summed E-state index contributed by atoms with van der Waals surface area (Å²) in [7, 11) is 1.93. The van der Waals surface area contributed by atoms with Crippen molar-refractivity contribution in [3.05, 3.63) is 125 Å². The maximum absolute atomic E-state index is 14.2. The Morgan fingerprint density at radius 1 is 0.872 bits per heavy atom. The number of carbonyl (C=O) groups is 4. The van der Waals surface area contributed by atoms with E-state index in [0.717, 1.165) is 112 Å². The molecule has 78 heavy (non-hydrogen) atoms. The van der Waals surface area contributed by atoms with Crippen LogP contribution in [0.3, 0.4) is 0 Å². The van der Waals surface area contributed by atoms with E-state index in [-0.39, 0.29) is 35.1 Å². The summed E-state index contributed by atoms with van der Waals surface area (Å²) in [6.07, 6.45) is 8.27. The number of ether oxygens (including phenoxy) is 2. The van der Waals surface area contributed by atoms with Gasteiger partial charge in [0.1, 0.15) is 17.2 Å². The molecule has 1 aliphatic carbocycles. The zero-order valence-electron chi connectivity index (χ0n) is 46.0. The van der Waals surface area contributed by atoms with Gasteiger partial charge in [0, 0.05) is 73.9 Å². The molecular formula is C62H71N9O6S. The molecule has 3 aliphatic heterocycles. The number of nitrogens with zero attached hydrogens (tertiary/aromatic N) is 7. The highest BCUT2D eigenvalue weighted by Gasteiger charge is 2.36. The summed E-state index contributed by atoms with van der Waals surface area (Å²) in [6, 6.07) is 30.2. The predicted molar refractivity (Wildman–Crippen MR) is 308 cm³/mol. The van der Waals surface area contributed by atoms with E-state index in [4.69, 9.17) is 19.6 Å². The molecule has 4 aromatic carbocycles. The quantitative estimate of drug-likeness (QED) is 0.0831. The molecule has 4 aliphatic rings. The number of pyridine rings is 1. The Balaban J connectivity index is 0.703. The first-order chi connectivity index (χ1) is 37.4. The number of esters is 1. The van der Waals surface area contributed by atoms with Crippen LogP contribution in [0.5, 0.6) is 5.75 Å². The normalized spacial score (nSPS) is 19.9. The highest BCUT2D eigenvalue weighted by atomic mass is 32.1. The number of piperazine rings is 1. The van der Waals surface area contributed by atoms with E-state index < -0.39 is 17.5 Å². The van der Waals surface area contributed by atoms with Gasteiger partial charge in [-0.05, 0) is 182 Å². The molecule has 11 rings (SSSR count). The second-order valence-electron chi connectivity index (χ2n) is 23.4. The third-order valence-corrected chi connectivity index (χ3v) is 17.3. The molecule has 16 heteroatoms. The number of amides is 3. The summed E-state index contributed by atoms with van der Waals surface area (Å²) in [5.74, 6) is 0.530. The van der Waals surface area contributed by atoms with Crippen molar-refractivity contribution < 1.29 is 28.7 Å². The molecule has 2 N–H and O–H groups in total. The van der Waals surface area contributed by atoms with Crippen molar-refractivity contribution in [2.45, 2.75) is 129 Å². The number of hydrogen-bond donors (Lipinski definition) is 2. The van der Waals surface area contributed by atoms with Crippen LogP contribution in [-0.2, 0) is 34.3 Å². The molecule has 3 fully saturated rings. The van der Waals surface area contributed by atoms with Gasteiger partial charge in [0.2, 0.25) is 11.8 Å². The molecule has 6 heterocycles. The Hall–Kier alpha value is -7.17. The molecule has 15 nitrogen and oxygen atoms in total. The lowest BCUT2D eigenvalue weighted by Gasteiger charge is -2.48. The summed E-state index contributed by atoms with van der Waals surface area (Å²) >= 11 is 1.45. The fraction of sp³-hybridized carbons (Fsp3) is 0.435. The van der Waals surface area contributed by atoms with E-state index in [1.165, 1.54) is 24.2 Å². The molecule has 1 atom stereocenters. The molecule has 3 amide bonds.